The Morgan fingerprint density at radius 2 is 2.07 bits per heavy atom. The number of hydrogen-bond donors (Lipinski definition) is 2. The maximum atomic E-state index is 13.4. The minimum Gasteiger partial charge on any atom is -0.326 e. The van der Waals surface area contributed by atoms with Crippen LogP contribution in [0.25, 0.3) is 0 Å². The van der Waals surface area contributed by atoms with E-state index in [1.807, 2.05) is 0 Å². The van der Waals surface area contributed by atoms with Crippen molar-refractivity contribution in [3.05, 3.63) is 29.1 Å². The van der Waals surface area contributed by atoms with E-state index in [4.69, 9.17) is 5.73 Å². The van der Waals surface area contributed by atoms with Gasteiger partial charge in [0.2, 0.25) is 10.0 Å². The molecule has 84 valence electrons. The molecule has 0 bridgehead atoms. The molecule has 15 heavy (non-hydrogen) atoms. The van der Waals surface area contributed by atoms with Crippen LogP contribution in [0.1, 0.15) is 11.1 Å². The highest BCUT2D eigenvalue weighted by Crippen LogP contribution is 2.22. The summed E-state index contributed by atoms with van der Waals surface area (Å²) in [7, 11) is -3.46. The number of anilines is 1. The zero-order valence-corrected chi connectivity index (χ0v) is 9.36. The predicted molar refractivity (Wildman–Crippen MR) is 57.5 cm³/mol. The standard InChI is InChI=1S/C9H13FN2O2S/c1-6-3-7(5-11)4-8(10)9(6)12-15(2,13)14/h3-4,12H,5,11H2,1-2H3. The van der Waals surface area contributed by atoms with E-state index < -0.39 is 15.8 Å². The van der Waals surface area contributed by atoms with Crippen molar-refractivity contribution in [1.82, 2.24) is 0 Å². The summed E-state index contributed by atoms with van der Waals surface area (Å²) in [6.45, 7) is 1.84. The average molecular weight is 232 g/mol. The van der Waals surface area contributed by atoms with Gasteiger partial charge in [0.25, 0.3) is 0 Å². The van der Waals surface area contributed by atoms with Gasteiger partial charge in [-0.15, -0.1) is 0 Å². The molecule has 0 unspecified atom stereocenters. The van der Waals surface area contributed by atoms with Crippen molar-refractivity contribution in [1.29, 1.82) is 0 Å². The van der Waals surface area contributed by atoms with E-state index in [1.165, 1.54) is 6.07 Å². The largest absolute Gasteiger partial charge is 0.326 e. The lowest BCUT2D eigenvalue weighted by molar-refractivity contribution is 0.603. The van der Waals surface area contributed by atoms with Crippen LogP contribution in [0.5, 0.6) is 0 Å². The Morgan fingerprint density at radius 3 is 2.47 bits per heavy atom. The SMILES string of the molecule is Cc1cc(CN)cc(F)c1NS(C)(=O)=O. The molecular formula is C9H13FN2O2S. The van der Waals surface area contributed by atoms with Gasteiger partial charge in [-0.1, -0.05) is 6.07 Å². The van der Waals surface area contributed by atoms with Gasteiger partial charge in [-0.25, -0.2) is 12.8 Å². The molecule has 0 spiro atoms. The second kappa shape index (κ2) is 4.16. The molecule has 0 heterocycles. The summed E-state index contributed by atoms with van der Waals surface area (Å²) in [6, 6.07) is 2.87. The first kappa shape index (κ1) is 11.9. The van der Waals surface area contributed by atoms with Crippen LogP contribution in [0.3, 0.4) is 0 Å². The Morgan fingerprint density at radius 1 is 1.47 bits per heavy atom. The second-order valence-corrected chi connectivity index (χ2v) is 5.10. The monoisotopic (exact) mass is 232 g/mol. The van der Waals surface area contributed by atoms with Crippen LogP contribution in [-0.4, -0.2) is 14.7 Å². The summed E-state index contributed by atoms with van der Waals surface area (Å²) in [5, 5.41) is 0. The van der Waals surface area contributed by atoms with E-state index >= 15 is 0 Å². The van der Waals surface area contributed by atoms with Crippen LogP contribution in [0.4, 0.5) is 10.1 Å². The van der Waals surface area contributed by atoms with Gasteiger partial charge < -0.3 is 5.73 Å². The molecule has 0 atom stereocenters. The van der Waals surface area contributed by atoms with Gasteiger partial charge in [-0.3, -0.25) is 4.72 Å². The van der Waals surface area contributed by atoms with Crippen molar-refractivity contribution in [2.75, 3.05) is 11.0 Å². The van der Waals surface area contributed by atoms with Gasteiger partial charge in [0, 0.05) is 6.54 Å². The van der Waals surface area contributed by atoms with E-state index in [0.717, 1.165) is 6.26 Å². The lowest BCUT2D eigenvalue weighted by Gasteiger charge is -2.10. The molecule has 0 radical (unpaired) electrons. The summed E-state index contributed by atoms with van der Waals surface area (Å²) >= 11 is 0. The topological polar surface area (TPSA) is 72.2 Å². The van der Waals surface area contributed by atoms with Crippen molar-refractivity contribution in [3.63, 3.8) is 0 Å². The smallest absolute Gasteiger partial charge is 0.229 e. The van der Waals surface area contributed by atoms with Crippen LogP contribution < -0.4 is 10.5 Å². The number of nitrogens with one attached hydrogen (secondary N) is 1. The van der Waals surface area contributed by atoms with Gasteiger partial charge in [0.15, 0.2) is 0 Å². The van der Waals surface area contributed by atoms with Crippen LogP contribution in [0.15, 0.2) is 12.1 Å². The predicted octanol–water partition coefficient (Wildman–Crippen LogP) is 0.964. The second-order valence-electron chi connectivity index (χ2n) is 3.35. The van der Waals surface area contributed by atoms with Crippen molar-refractivity contribution < 1.29 is 12.8 Å². The fourth-order valence-corrected chi connectivity index (χ4v) is 1.88. The summed E-state index contributed by atoms with van der Waals surface area (Å²) < 4.78 is 37.5. The van der Waals surface area contributed by atoms with Crippen molar-refractivity contribution in [3.8, 4) is 0 Å². The minimum absolute atomic E-state index is 0.0188. The molecule has 0 saturated heterocycles. The molecule has 0 aliphatic rings. The Balaban J connectivity index is 3.20. The molecule has 0 aromatic heterocycles. The van der Waals surface area contributed by atoms with Gasteiger partial charge in [-0.2, -0.15) is 0 Å². The van der Waals surface area contributed by atoms with Gasteiger partial charge >= 0.3 is 0 Å². The third kappa shape index (κ3) is 3.17. The van der Waals surface area contributed by atoms with Crippen LogP contribution in [-0.2, 0) is 16.6 Å². The molecular weight excluding hydrogens is 219 g/mol. The first-order chi connectivity index (χ1) is 6.83. The lowest BCUT2D eigenvalue weighted by Crippen LogP contribution is -2.12. The normalized spacial score (nSPS) is 11.5. The number of aryl methyl sites for hydroxylation is 1. The summed E-state index contributed by atoms with van der Waals surface area (Å²) in [4.78, 5) is 0. The molecule has 1 rings (SSSR count). The Hall–Kier alpha value is -1.14. The van der Waals surface area contributed by atoms with Crippen molar-refractivity contribution in [2.45, 2.75) is 13.5 Å². The maximum Gasteiger partial charge on any atom is 0.229 e. The highest BCUT2D eigenvalue weighted by molar-refractivity contribution is 7.92. The van der Waals surface area contributed by atoms with Crippen LogP contribution in [0.2, 0.25) is 0 Å². The summed E-state index contributed by atoms with van der Waals surface area (Å²) in [5.74, 6) is -0.610. The number of rotatable bonds is 3. The van der Waals surface area contributed by atoms with E-state index in [-0.39, 0.29) is 12.2 Å². The number of nitrogens with two attached hydrogens (primary N) is 1. The first-order valence-electron chi connectivity index (χ1n) is 4.30. The average Bonchev–Trinajstić information content (AvgIpc) is 2.09. The van der Waals surface area contributed by atoms with Crippen LogP contribution >= 0.6 is 0 Å². The van der Waals surface area contributed by atoms with Crippen molar-refractivity contribution >= 4 is 15.7 Å². The van der Waals surface area contributed by atoms with Crippen molar-refractivity contribution in [2.24, 2.45) is 5.73 Å². The maximum absolute atomic E-state index is 13.4. The summed E-state index contributed by atoms with van der Waals surface area (Å²) in [5.41, 5.74) is 6.48. The third-order valence-corrected chi connectivity index (χ3v) is 2.45. The zero-order valence-electron chi connectivity index (χ0n) is 8.54. The Bertz CT molecular complexity index is 448. The molecule has 0 fully saturated rings. The van der Waals surface area contributed by atoms with Gasteiger partial charge in [-0.05, 0) is 24.1 Å². The number of benzene rings is 1. The highest BCUT2D eigenvalue weighted by Gasteiger charge is 2.11. The number of sulfonamides is 1. The highest BCUT2D eigenvalue weighted by atomic mass is 32.2. The van der Waals surface area contributed by atoms with Gasteiger partial charge in [0.05, 0.1) is 11.9 Å². The molecule has 3 N–H and O–H groups in total. The number of halogens is 1. The van der Waals surface area contributed by atoms with Gasteiger partial charge in [0.1, 0.15) is 5.82 Å². The fourth-order valence-electron chi connectivity index (χ4n) is 1.25. The fraction of sp³-hybridized carbons (Fsp3) is 0.333. The zero-order chi connectivity index (χ0) is 11.6. The van der Waals surface area contributed by atoms with E-state index in [0.29, 0.717) is 11.1 Å². The third-order valence-electron chi connectivity index (χ3n) is 1.87. The van der Waals surface area contributed by atoms with E-state index in [2.05, 4.69) is 4.72 Å². The summed E-state index contributed by atoms with van der Waals surface area (Å²) in [6.07, 6.45) is 0.975. The number of hydrogen-bond acceptors (Lipinski definition) is 3. The molecule has 0 amide bonds. The van der Waals surface area contributed by atoms with Crippen LogP contribution in [0, 0.1) is 12.7 Å². The van der Waals surface area contributed by atoms with E-state index in [9.17, 15) is 12.8 Å². The molecule has 0 saturated carbocycles. The minimum atomic E-state index is -3.46. The first-order valence-corrected chi connectivity index (χ1v) is 6.19. The molecule has 1 aromatic rings. The Kier molecular flexibility index (Phi) is 3.31. The molecule has 0 aliphatic heterocycles. The lowest BCUT2D eigenvalue weighted by atomic mass is 10.1. The molecule has 4 nitrogen and oxygen atoms in total. The molecule has 6 heteroatoms. The molecule has 0 aliphatic carbocycles. The Labute approximate surface area is 88.3 Å². The molecule has 1 aromatic carbocycles. The quantitative estimate of drug-likeness (QED) is 0.815. The van der Waals surface area contributed by atoms with E-state index in [1.54, 1.807) is 13.0 Å².